The van der Waals surface area contributed by atoms with Gasteiger partial charge in [0.2, 0.25) is 0 Å². The third kappa shape index (κ3) is 6.58. The van der Waals surface area contributed by atoms with Crippen LogP contribution in [0.3, 0.4) is 0 Å². The van der Waals surface area contributed by atoms with Gasteiger partial charge in [-0.2, -0.15) is 0 Å². The molecule has 0 aliphatic carbocycles. The van der Waals surface area contributed by atoms with Crippen molar-refractivity contribution >= 4 is 0 Å². The molecule has 0 saturated carbocycles. The van der Waals surface area contributed by atoms with Crippen LogP contribution in [0.25, 0.3) is 0 Å². The second-order valence-electron chi connectivity index (χ2n) is 4.93. The Morgan fingerprint density at radius 1 is 1.28 bits per heavy atom. The van der Waals surface area contributed by atoms with E-state index in [-0.39, 0.29) is 0 Å². The minimum absolute atomic E-state index is 0.683. The third-order valence-corrected chi connectivity index (χ3v) is 2.59. The summed E-state index contributed by atoms with van der Waals surface area (Å²) < 4.78 is 5.55. The van der Waals surface area contributed by atoms with Gasteiger partial charge in [0.05, 0.1) is 13.2 Å². The normalized spacial score (nSPS) is 11.6. The fraction of sp³-hybridized carbons (Fsp3) is 0.500. The second-order valence-corrected chi connectivity index (χ2v) is 4.93. The zero-order valence-corrected chi connectivity index (χ0v) is 11.8. The van der Waals surface area contributed by atoms with E-state index >= 15 is 0 Å². The van der Waals surface area contributed by atoms with Crippen molar-refractivity contribution in [2.75, 3.05) is 13.2 Å². The predicted molar refractivity (Wildman–Crippen MR) is 77.5 cm³/mol. The standard InChI is InChI=1S/C16H25NO/c1-4-5-9-18-13-16-8-6-7-15(10-16)12-17-11-14(2)3/h4-8,10,14,17H,9,11-13H2,1-3H3. The van der Waals surface area contributed by atoms with Crippen LogP contribution in [0.1, 0.15) is 31.9 Å². The van der Waals surface area contributed by atoms with E-state index in [1.807, 2.05) is 19.1 Å². The van der Waals surface area contributed by atoms with Gasteiger partial charge >= 0.3 is 0 Å². The zero-order valence-electron chi connectivity index (χ0n) is 11.8. The van der Waals surface area contributed by atoms with E-state index in [2.05, 4.69) is 43.4 Å². The molecule has 2 nitrogen and oxygen atoms in total. The van der Waals surface area contributed by atoms with Crippen LogP contribution < -0.4 is 5.32 Å². The summed E-state index contributed by atoms with van der Waals surface area (Å²) in [6.07, 6.45) is 4.03. The first-order valence-corrected chi connectivity index (χ1v) is 6.69. The Morgan fingerprint density at radius 3 is 2.78 bits per heavy atom. The Hall–Kier alpha value is -1.12. The predicted octanol–water partition coefficient (Wildman–Crippen LogP) is 3.52. The van der Waals surface area contributed by atoms with E-state index in [0.717, 1.165) is 13.1 Å². The van der Waals surface area contributed by atoms with Crippen LogP contribution in [-0.4, -0.2) is 13.2 Å². The summed E-state index contributed by atoms with van der Waals surface area (Å²) in [5.41, 5.74) is 2.56. The molecule has 0 aliphatic heterocycles. The highest BCUT2D eigenvalue weighted by Gasteiger charge is 1.97. The molecule has 0 unspecified atom stereocenters. The third-order valence-electron chi connectivity index (χ3n) is 2.59. The quantitative estimate of drug-likeness (QED) is 0.560. The Bertz CT molecular complexity index is 358. The molecule has 0 saturated heterocycles. The molecular formula is C16H25NO. The molecular weight excluding hydrogens is 222 g/mol. The van der Waals surface area contributed by atoms with E-state index in [1.54, 1.807) is 0 Å². The number of rotatable bonds is 8. The molecule has 2 heteroatoms. The Morgan fingerprint density at radius 2 is 2.06 bits per heavy atom. The van der Waals surface area contributed by atoms with E-state index in [0.29, 0.717) is 19.1 Å². The number of ether oxygens (including phenoxy) is 1. The fourth-order valence-corrected chi connectivity index (χ4v) is 1.68. The minimum atomic E-state index is 0.683. The van der Waals surface area contributed by atoms with Crippen LogP contribution >= 0.6 is 0 Å². The molecule has 0 spiro atoms. The summed E-state index contributed by atoms with van der Waals surface area (Å²) in [6, 6.07) is 8.58. The molecule has 1 aromatic rings. The molecule has 0 heterocycles. The Kier molecular flexibility index (Phi) is 7.38. The lowest BCUT2D eigenvalue weighted by molar-refractivity contribution is 0.148. The van der Waals surface area contributed by atoms with Crippen molar-refractivity contribution in [3.63, 3.8) is 0 Å². The van der Waals surface area contributed by atoms with Gasteiger partial charge in [-0.3, -0.25) is 0 Å². The van der Waals surface area contributed by atoms with Gasteiger partial charge < -0.3 is 10.1 Å². The number of hydrogen-bond acceptors (Lipinski definition) is 2. The molecule has 0 aliphatic rings. The lowest BCUT2D eigenvalue weighted by Gasteiger charge is -2.09. The van der Waals surface area contributed by atoms with Gasteiger partial charge in [-0.1, -0.05) is 50.3 Å². The van der Waals surface area contributed by atoms with Gasteiger partial charge in [-0.25, -0.2) is 0 Å². The number of allylic oxidation sites excluding steroid dienone is 1. The molecule has 0 aromatic heterocycles. The highest BCUT2D eigenvalue weighted by Crippen LogP contribution is 2.07. The van der Waals surface area contributed by atoms with Crippen molar-refractivity contribution in [3.05, 3.63) is 47.5 Å². The van der Waals surface area contributed by atoms with Crippen LogP contribution in [0, 0.1) is 5.92 Å². The first kappa shape index (κ1) is 14.9. The van der Waals surface area contributed by atoms with Gasteiger partial charge in [0, 0.05) is 6.54 Å². The summed E-state index contributed by atoms with van der Waals surface area (Å²) in [6.45, 7) is 9.80. The van der Waals surface area contributed by atoms with Crippen molar-refractivity contribution in [1.29, 1.82) is 0 Å². The Labute approximate surface area is 111 Å². The van der Waals surface area contributed by atoms with Crippen LogP contribution in [0.2, 0.25) is 0 Å². The lowest BCUT2D eigenvalue weighted by Crippen LogP contribution is -2.18. The molecule has 0 bridgehead atoms. The second kappa shape index (κ2) is 8.90. The topological polar surface area (TPSA) is 21.3 Å². The number of hydrogen-bond donors (Lipinski definition) is 1. The highest BCUT2D eigenvalue weighted by molar-refractivity contribution is 5.22. The molecule has 1 rings (SSSR count). The minimum Gasteiger partial charge on any atom is -0.373 e. The average Bonchev–Trinajstić information content (AvgIpc) is 2.35. The summed E-state index contributed by atoms with van der Waals surface area (Å²) in [4.78, 5) is 0. The number of benzene rings is 1. The molecule has 0 atom stereocenters. The Balaban J connectivity index is 2.36. The fourth-order valence-electron chi connectivity index (χ4n) is 1.68. The first-order valence-electron chi connectivity index (χ1n) is 6.69. The highest BCUT2D eigenvalue weighted by atomic mass is 16.5. The van der Waals surface area contributed by atoms with Crippen LogP contribution in [-0.2, 0) is 17.9 Å². The molecule has 1 aromatic carbocycles. The van der Waals surface area contributed by atoms with Crippen molar-refractivity contribution in [1.82, 2.24) is 5.32 Å². The first-order chi connectivity index (χ1) is 8.72. The summed E-state index contributed by atoms with van der Waals surface area (Å²) in [5, 5.41) is 3.45. The van der Waals surface area contributed by atoms with Crippen molar-refractivity contribution in [2.24, 2.45) is 5.92 Å². The van der Waals surface area contributed by atoms with E-state index in [9.17, 15) is 0 Å². The van der Waals surface area contributed by atoms with Gasteiger partial charge in [-0.05, 0) is 30.5 Å². The van der Waals surface area contributed by atoms with E-state index < -0.39 is 0 Å². The molecule has 100 valence electrons. The molecule has 0 radical (unpaired) electrons. The van der Waals surface area contributed by atoms with Gasteiger partial charge in [-0.15, -0.1) is 0 Å². The van der Waals surface area contributed by atoms with Crippen molar-refractivity contribution in [2.45, 2.75) is 33.9 Å². The SMILES string of the molecule is CC=CCOCc1cccc(CNCC(C)C)c1. The maximum Gasteiger partial charge on any atom is 0.0721 e. The maximum absolute atomic E-state index is 5.55. The van der Waals surface area contributed by atoms with Crippen molar-refractivity contribution in [3.8, 4) is 0 Å². The monoisotopic (exact) mass is 247 g/mol. The maximum atomic E-state index is 5.55. The van der Waals surface area contributed by atoms with E-state index in [4.69, 9.17) is 4.74 Å². The summed E-state index contributed by atoms with van der Waals surface area (Å²) in [5.74, 6) is 0.692. The largest absolute Gasteiger partial charge is 0.373 e. The lowest BCUT2D eigenvalue weighted by atomic mass is 10.1. The van der Waals surface area contributed by atoms with Gasteiger partial charge in [0.1, 0.15) is 0 Å². The molecule has 0 amide bonds. The smallest absolute Gasteiger partial charge is 0.0721 e. The van der Waals surface area contributed by atoms with Crippen molar-refractivity contribution < 1.29 is 4.74 Å². The average molecular weight is 247 g/mol. The van der Waals surface area contributed by atoms with Gasteiger partial charge in [0.25, 0.3) is 0 Å². The zero-order chi connectivity index (χ0) is 13.2. The van der Waals surface area contributed by atoms with Crippen LogP contribution in [0.15, 0.2) is 36.4 Å². The summed E-state index contributed by atoms with van der Waals surface area (Å²) >= 11 is 0. The summed E-state index contributed by atoms with van der Waals surface area (Å²) in [7, 11) is 0. The molecule has 18 heavy (non-hydrogen) atoms. The van der Waals surface area contributed by atoms with E-state index in [1.165, 1.54) is 11.1 Å². The van der Waals surface area contributed by atoms with Crippen LogP contribution in [0.4, 0.5) is 0 Å². The van der Waals surface area contributed by atoms with Gasteiger partial charge in [0.15, 0.2) is 0 Å². The molecule has 0 fully saturated rings. The van der Waals surface area contributed by atoms with Crippen LogP contribution in [0.5, 0.6) is 0 Å². The molecule has 1 N–H and O–H groups in total. The number of nitrogens with one attached hydrogen (secondary N) is 1.